The molecule has 62 valence electrons. The average molecular weight is 165 g/mol. The molecule has 0 unspecified atom stereocenters. The van der Waals surface area contributed by atoms with Gasteiger partial charge in [-0.3, -0.25) is 0 Å². The summed E-state index contributed by atoms with van der Waals surface area (Å²) in [4.78, 5) is 0. The molecule has 0 bridgehead atoms. The number of benzene rings is 1. The summed E-state index contributed by atoms with van der Waals surface area (Å²) in [5.74, 6) is 0.582. The molecule has 0 aliphatic rings. The SMILES string of the molecule is COc1ccc2nonc2c1N. The van der Waals surface area contributed by atoms with Gasteiger partial charge in [-0.2, -0.15) is 0 Å². The van der Waals surface area contributed by atoms with Crippen LogP contribution in [0.15, 0.2) is 16.8 Å². The lowest BCUT2D eigenvalue weighted by molar-refractivity contribution is 0.315. The fourth-order valence-corrected chi connectivity index (χ4v) is 1.03. The summed E-state index contributed by atoms with van der Waals surface area (Å²) >= 11 is 0. The monoisotopic (exact) mass is 165 g/mol. The molecule has 12 heavy (non-hydrogen) atoms. The summed E-state index contributed by atoms with van der Waals surface area (Å²) in [6.07, 6.45) is 0. The van der Waals surface area contributed by atoms with Gasteiger partial charge in [0.05, 0.1) is 7.11 Å². The molecule has 0 atom stereocenters. The van der Waals surface area contributed by atoms with Gasteiger partial charge in [0.15, 0.2) is 5.52 Å². The number of hydrogen-bond acceptors (Lipinski definition) is 5. The van der Waals surface area contributed by atoms with E-state index in [0.717, 1.165) is 0 Å². The molecule has 0 spiro atoms. The Labute approximate surface area is 68.1 Å². The molecule has 0 aliphatic carbocycles. The van der Waals surface area contributed by atoms with E-state index in [0.29, 0.717) is 22.5 Å². The van der Waals surface area contributed by atoms with Crippen LogP contribution < -0.4 is 10.5 Å². The minimum Gasteiger partial charge on any atom is -0.495 e. The second-order valence-corrected chi connectivity index (χ2v) is 2.31. The van der Waals surface area contributed by atoms with Gasteiger partial charge in [-0.1, -0.05) is 0 Å². The van der Waals surface area contributed by atoms with E-state index in [1.54, 1.807) is 19.2 Å². The van der Waals surface area contributed by atoms with Crippen molar-refractivity contribution >= 4 is 16.7 Å². The van der Waals surface area contributed by atoms with Crippen LogP contribution in [-0.2, 0) is 0 Å². The van der Waals surface area contributed by atoms with Crippen LogP contribution in [0, 0.1) is 0 Å². The van der Waals surface area contributed by atoms with Gasteiger partial charge in [-0.15, -0.1) is 0 Å². The first kappa shape index (κ1) is 6.90. The molecule has 2 aromatic rings. The van der Waals surface area contributed by atoms with Crippen molar-refractivity contribution in [3.8, 4) is 5.75 Å². The zero-order valence-electron chi connectivity index (χ0n) is 6.44. The Morgan fingerprint density at radius 3 is 3.00 bits per heavy atom. The lowest BCUT2D eigenvalue weighted by Gasteiger charge is -2.01. The molecule has 0 amide bonds. The summed E-state index contributed by atoms with van der Waals surface area (Å²) in [5, 5.41) is 7.27. The highest BCUT2D eigenvalue weighted by molar-refractivity contribution is 5.89. The number of nitrogen functional groups attached to an aromatic ring is 1. The van der Waals surface area contributed by atoms with Crippen LogP contribution in [0.3, 0.4) is 0 Å². The second-order valence-electron chi connectivity index (χ2n) is 2.31. The van der Waals surface area contributed by atoms with Crippen LogP contribution in [0.1, 0.15) is 0 Å². The predicted octanol–water partition coefficient (Wildman–Crippen LogP) is 0.814. The number of hydrogen-bond donors (Lipinski definition) is 1. The number of nitrogens with two attached hydrogens (primary N) is 1. The highest BCUT2D eigenvalue weighted by Crippen LogP contribution is 2.27. The van der Waals surface area contributed by atoms with Crippen LogP contribution in [0.2, 0.25) is 0 Å². The van der Waals surface area contributed by atoms with E-state index in [1.807, 2.05) is 0 Å². The summed E-state index contributed by atoms with van der Waals surface area (Å²) in [7, 11) is 1.55. The van der Waals surface area contributed by atoms with Crippen molar-refractivity contribution < 1.29 is 9.37 Å². The molecular formula is C7H7N3O2. The lowest BCUT2D eigenvalue weighted by atomic mass is 10.2. The predicted molar refractivity (Wildman–Crippen MR) is 42.8 cm³/mol. The van der Waals surface area contributed by atoms with Gasteiger partial charge in [-0.05, 0) is 22.4 Å². The van der Waals surface area contributed by atoms with E-state index < -0.39 is 0 Å². The molecule has 0 radical (unpaired) electrons. The van der Waals surface area contributed by atoms with Gasteiger partial charge in [0.1, 0.15) is 17.0 Å². The van der Waals surface area contributed by atoms with Gasteiger partial charge in [0.2, 0.25) is 0 Å². The van der Waals surface area contributed by atoms with Crippen LogP contribution in [0.5, 0.6) is 5.75 Å². The van der Waals surface area contributed by atoms with E-state index in [2.05, 4.69) is 14.9 Å². The third kappa shape index (κ3) is 0.795. The molecule has 0 saturated carbocycles. The van der Waals surface area contributed by atoms with E-state index in [9.17, 15) is 0 Å². The van der Waals surface area contributed by atoms with Gasteiger partial charge >= 0.3 is 0 Å². The van der Waals surface area contributed by atoms with Crippen molar-refractivity contribution in [1.82, 2.24) is 10.3 Å². The quantitative estimate of drug-likeness (QED) is 0.633. The largest absolute Gasteiger partial charge is 0.495 e. The molecule has 1 aromatic heterocycles. The number of anilines is 1. The maximum atomic E-state index is 5.69. The number of nitrogens with zero attached hydrogens (tertiary/aromatic N) is 2. The zero-order chi connectivity index (χ0) is 8.55. The van der Waals surface area contributed by atoms with E-state index in [1.165, 1.54) is 0 Å². The number of fused-ring (bicyclic) bond motifs is 1. The first-order valence-corrected chi connectivity index (χ1v) is 3.37. The molecule has 2 N–H and O–H groups in total. The van der Waals surface area contributed by atoms with E-state index in [-0.39, 0.29) is 0 Å². The van der Waals surface area contributed by atoms with Crippen molar-refractivity contribution in [2.75, 3.05) is 12.8 Å². The fourth-order valence-electron chi connectivity index (χ4n) is 1.03. The van der Waals surface area contributed by atoms with Crippen molar-refractivity contribution in [1.29, 1.82) is 0 Å². The highest BCUT2D eigenvalue weighted by Gasteiger charge is 2.08. The molecule has 5 nitrogen and oxygen atoms in total. The maximum Gasteiger partial charge on any atom is 0.161 e. The first-order chi connectivity index (χ1) is 5.83. The minimum atomic E-state index is 0.455. The molecule has 0 saturated heterocycles. The fraction of sp³-hybridized carbons (Fsp3) is 0.143. The zero-order valence-corrected chi connectivity index (χ0v) is 6.44. The van der Waals surface area contributed by atoms with Crippen LogP contribution in [0.25, 0.3) is 11.0 Å². The van der Waals surface area contributed by atoms with Crippen LogP contribution in [0.4, 0.5) is 5.69 Å². The Morgan fingerprint density at radius 2 is 2.25 bits per heavy atom. The number of ether oxygens (including phenoxy) is 1. The molecule has 1 heterocycles. The molecular weight excluding hydrogens is 158 g/mol. The molecule has 5 heteroatoms. The van der Waals surface area contributed by atoms with Crippen LogP contribution >= 0.6 is 0 Å². The summed E-state index contributed by atoms with van der Waals surface area (Å²) in [6.45, 7) is 0. The third-order valence-corrected chi connectivity index (χ3v) is 1.65. The maximum absolute atomic E-state index is 5.69. The number of rotatable bonds is 1. The first-order valence-electron chi connectivity index (χ1n) is 3.37. The van der Waals surface area contributed by atoms with E-state index >= 15 is 0 Å². The Balaban J connectivity index is 2.78. The molecule has 0 fully saturated rings. The molecule has 2 rings (SSSR count). The number of methoxy groups -OCH3 is 1. The van der Waals surface area contributed by atoms with E-state index in [4.69, 9.17) is 10.5 Å². The van der Waals surface area contributed by atoms with Crippen molar-refractivity contribution in [2.45, 2.75) is 0 Å². The van der Waals surface area contributed by atoms with Gasteiger partial charge in [-0.25, -0.2) is 4.63 Å². The average Bonchev–Trinajstić information content (AvgIpc) is 2.53. The highest BCUT2D eigenvalue weighted by atomic mass is 16.6. The van der Waals surface area contributed by atoms with Crippen LogP contribution in [-0.4, -0.2) is 17.4 Å². The normalized spacial score (nSPS) is 10.4. The Kier molecular flexibility index (Phi) is 1.36. The third-order valence-electron chi connectivity index (χ3n) is 1.65. The summed E-state index contributed by atoms with van der Waals surface area (Å²) in [6, 6.07) is 3.46. The van der Waals surface area contributed by atoms with Gasteiger partial charge < -0.3 is 10.5 Å². The Hall–Kier alpha value is -1.78. The topological polar surface area (TPSA) is 74.2 Å². The molecule has 1 aromatic carbocycles. The van der Waals surface area contributed by atoms with Crippen molar-refractivity contribution in [2.24, 2.45) is 0 Å². The second kappa shape index (κ2) is 2.37. The standard InChI is InChI=1S/C7H7N3O2/c1-11-5-3-2-4-7(6(5)8)10-12-9-4/h2-3H,8H2,1H3. The Bertz CT molecular complexity index is 410. The van der Waals surface area contributed by atoms with Crippen molar-refractivity contribution in [3.63, 3.8) is 0 Å². The number of aromatic nitrogens is 2. The summed E-state index contributed by atoms with van der Waals surface area (Å²) in [5.41, 5.74) is 7.31. The van der Waals surface area contributed by atoms with Crippen molar-refractivity contribution in [3.05, 3.63) is 12.1 Å². The van der Waals surface area contributed by atoms with Gasteiger partial charge in [0, 0.05) is 0 Å². The lowest BCUT2D eigenvalue weighted by Crippen LogP contribution is -1.92. The Morgan fingerprint density at radius 1 is 1.42 bits per heavy atom. The minimum absolute atomic E-state index is 0.455. The van der Waals surface area contributed by atoms with Gasteiger partial charge in [0.25, 0.3) is 0 Å². The molecule has 0 aliphatic heterocycles. The summed E-state index contributed by atoms with van der Waals surface area (Å²) < 4.78 is 9.50. The smallest absolute Gasteiger partial charge is 0.161 e.